The fourth-order valence-electron chi connectivity index (χ4n) is 4.46. The number of aromatic nitrogens is 2. The van der Waals surface area contributed by atoms with Crippen LogP contribution in [0.1, 0.15) is 16.1 Å². The molecule has 0 spiro atoms. The molecule has 1 aromatic carbocycles. The highest BCUT2D eigenvalue weighted by Gasteiger charge is 2.41. The van der Waals surface area contributed by atoms with E-state index in [2.05, 4.69) is 19.9 Å². The molecule has 0 bridgehead atoms. The molecular formula is C23H24FN5O4S. The lowest BCUT2D eigenvalue weighted by Crippen LogP contribution is -2.43. The van der Waals surface area contributed by atoms with Crippen LogP contribution in [-0.4, -0.2) is 49.6 Å². The van der Waals surface area contributed by atoms with E-state index >= 15 is 0 Å². The summed E-state index contributed by atoms with van der Waals surface area (Å²) in [6, 6.07) is 7.63. The predicted octanol–water partition coefficient (Wildman–Crippen LogP) is 2.30. The molecule has 2 aliphatic rings. The van der Waals surface area contributed by atoms with Gasteiger partial charge in [-0.3, -0.25) is 9.78 Å². The van der Waals surface area contributed by atoms with Crippen LogP contribution in [0, 0.1) is 18.7 Å². The number of sulfonamides is 1. The summed E-state index contributed by atoms with van der Waals surface area (Å²) in [7, 11) is -2.37. The summed E-state index contributed by atoms with van der Waals surface area (Å²) in [4.78, 5) is 19.2. The van der Waals surface area contributed by atoms with E-state index in [9.17, 15) is 17.6 Å². The van der Waals surface area contributed by atoms with E-state index in [1.165, 1.54) is 29.0 Å². The third-order valence-corrected chi connectivity index (χ3v) is 7.71. The van der Waals surface area contributed by atoms with Crippen molar-refractivity contribution in [2.24, 2.45) is 13.0 Å². The van der Waals surface area contributed by atoms with E-state index < -0.39 is 15.9 Å². The SMILES string of the molecule is Cc1cc(NC(=O)c2c3c(cn2C)S(=O)(=O)N[C@@H]2CN(c4cccnc4)C[C@@H]2CO3)ccc1F. The number of benzene rings is 1. The van der Waals surface area contributed by atoms with Gasteiger partial charge in [0.1, 0.15) is 10.7 Å². The molecule has 0 radical (unpaired) electrons. The number of carbonyl (C=O) groups excluding carboxylic acids is 1. The van der Waals surface area contributed by atoms with Gasteiger partial charge in [-0.15, -0.1) is 0 Å². The lowest BCUT2D eigenvalue weighted by molar-refractivity contribution is 0.101. The molecule has 178 valence electrons. The van der Waals surface area contributed by atoms with Crippen LogP contribution in [0.4, 0.5) is 15.8 Å². The van der Waals surface area contributed by atoms with Crippen molar-refractivity contribution < 1.29 is 22.3 Å². The Morgan fingerprint density at radius 3 is 2.85 bits per heavy atom. The van der Waals surface area contributed by atoms with E-state index in [0.717, 1.165) is 5.69 Å². The molecule has 2 N–H and O–H groups in total. The van der Waals surface area contributed by atoms with E-state index in [0.29, 0.717) is 24.3 Å². The molecule has 9 nitrogen and oxygen atoms in total. The highest BCUT2D eigenvalue weighted by molar-refractivity contribution is 7.89. The van der Waals surface area contributed by atoms with Crippen molar-refractivity contribution in [3.63, 3.8) is 0 Å². The molecule has 4 heterocycles. The Hall–Kier alpha value is -3.44. The lowest BCUT2D eigenvalue weighted by atomic mass is 10.1. The molecule has 3 aromatic rings. The molecule has 0 aliphatic carbocycles. The van der Waals surface area contributed by atoms with Gasteiger partial charge in [-0.05, 0) is 42.8 Å². The number of ether oxygens (including phenoxy) is 1. The van der Waals surface area contributed by atoms with Crippen LogP contribution in [0.5, 0.6) is 5.75 Å². The molecule has 11 heteroatoms. The molecule has 1 saturated heterocycles. The first-order valence-corrected chi connectivity index (χ1v) is 12.3. The maximum atomic E-state index is 13.6. The van der Waals surface area contributed by atoms with Crippen LogP contribution in [0.25, 0.3) is 0 Å². The first kappa shape index (κ1) is 22.4. The molecule has 0 saturated carbocycles. The summed E-state index contributed by atoms with van der Waals surface area (Å²) in [6.45, 7) is 2.89. The minimum atomic E-state index is -3.95. The van der Waals surface area contributed by atoms with Crippen molar-refractivity contribution >= 4 is 27.3 Å². The summed E-state index contributed by atoms with van der Waals surface area (Å²) >= 11 is 0. The van der Waals surface area contributed by atoms with Crippen molar-refractivity contribution in [2.75, 3.05) is 29.9 Å². The zero-order valence-electron chi connectivity index (χ0n) is 18.7. The fourth-order valence-corrected chi connectivity index (χ4v) is 5.95. The van der Waals surface area contributed by atoms with Crippen LogP contribution < -0.4 is 19.7 Å². The monoisotopic (exact) mass is 485 g/mol. The van der Waals surface area contributed by atoms with Gasteiger partial charge in [-0.25, -0.2) is 17.5 Å². The van der Waals surface area contributed by atoms with Crippen LogP contribution in [0.15, 0.2) is 53.8 Å². The molecule has 1 amide bonds. The maximum Gasteiger partial charge on any atom is 0.276 e. The first-order chi connectivity index (χ1) is 16.2. The molecule has 5 rings (SSSR count). The van der Waals surface area contributed by atoms with Gasteiger partial charge in [0.25, 0.3) is 5.91 Å². The lowest BCUT2D eigenvalue weighted by Gasteiger charge is -2.23. The molecule has 2 atom stereocenters. The van der Waals surface area contributed by atoms with E-state index in [4.69, 9.17) is 4.74 Å². The Balaban J connectivity index is 1.44. The number of carbonyl (C=O) groups is 1. The summed E-state index contributed by atoms with van der Waals surface area (Å²) in [5.41, 5.74) is 1.76. The van der Waals surface area contributed by atoms with Crippen LogP contribution in [-0.2, 0) is 17.1 Å². The first-order valence-electron chi connectivity index (χ1n) is 10.8. The second-order valence-electron chi connectivity index (χ2n) is 8.62. The van der Waals surface area contributed by atoms with E-state index in [1.54, 1.807) is 26.4 Å². The van der Waals surface area contributed by atoms with Crippen LogP contribution >= 0.6 is 0 Å². The normalized spacial score (nSPS) is 21.1. The zero-order valence-corrected chi connectivity index (χ0v) is 19.5. The number of halogens is 1. The fraction of sp³-hybridized carbons (Fsp3) is 0.304. The average molecular weight is 486 g/mol. The van der Waals surface area contributed by atoms with Gasteiger partial charge in [0.15, 0.2) is 11.4 Å². The van der Waals surface area contributed by atoms with Gasteiger partial charge in [0.05, 0.1) is 18.5 Å². The molecule has 2 aromatic heterocycles. The van der Waals surface area contributed by atoms with Gasteiger partial charge in [0, 0.05) is 50.2 Å². The van der Waals surface area contributed by atoms with Crippen molar-refractivity contribution in [3.8, 4) is 5.75 Å². The van der Waals surface area contributed by atoms with Crippen molar-refractivity contribution in [3.05, 3.63) is 66.0 Å². The van der Waals surface area contributed by atoms with Gasteiger partial charge >= 0.3 is 0 Å². The number of hydrogen-bond acceptors (Lipinski definition) is 6. The number of nitrogens with zero attached hydrogens (tertiary/aromatic N) is 3. The zero-order chi connectivity index (χ0) is 24.0. The van der Waals surface area contributed by atoms with Gasteiger partial charge < -0.3 is 19.5 Å². The Morgan fingerprint density at radius 2 is 2.12 bits per heavy atom. The van der Waals surface area contributed by atoms with Gasteiger partial charge in [0.2, 0.25) is 10.0 Å². The second kappa shape index (κ2) is 8.41. The molecule has 0 unspecified atom stereocenters. The largest absolute Gasteiger partial charge is 0.489 e. The van der Waals surface area contributed by atoms with Crippen molar-refractivity contribution in [2.45, 2.75) is 17.9 Å². The molecule has 1 fully saturated rings. The van der Waals surface area contributed by atoms with Crippen molar-refractivity contribution in [1.29, 1.82) is 0 Å². The minimum Gasteiger partial charge on any atom is -0.489 e. The van der Waals surface area contributed by atoms with Crippen LogP contribution in [0.2, 0.25) is 0 Å². The molecule has 2 aliphatic heterocycles. The number of pyridine rings is 1. The number of amides is 1. The summed E-state index contributed by atoms with van der Waals surface area (Å²) < 4.78 is 50.3. The average Bonchev–Trinajstić information content (AvgIpc) is 3.35. The van der Waals surface area contributed by atoms with Crippen LogP contribution in [0.3, 0.4) is 0 Å². The Bertz CT molecular complexity index is 1360. The molecule has 34 heavy (non-hydrogen) atoms. The highest BCUT2D eigenvalue weighted by atomic mass is 32.2. The molecular weight excluding hydrogens is 461 g/mol. The standard InChI is InChI=1S/C23H24FN5O4S/c1-14-8-16(5-6-18(14)24)26-23(30)21-22-20(12-28(21)2)34(31,32)27-19-11-29(10-15(19)13-33-22)17-4-3-7-25-9-17/h3-9,12,15,19,27H,10-11,13H2,1-2H3,(H,26,30)/t15-,19-/m1/s1. The Morgan fingerprint density at radius 1 is 1.29 bits per heavy atom. The number of hydrogen-bond donors (Lipinski definition) is 2. The quantitative estimate of drug-likeness (QED) is 0.590. The topological polar surface area (TPSA) is 106 Å². The van der Waals surface area contributed by atoms with Crippen molar-refractivity contribution in [1.82, 2.24) is 14.3 Å². The predicted molar refractivity (Wildman–Crippen MR) is 124 cm³/mol. The third-order valence-electron chi connectivity index (χ3n) is 6.22. The summed E-state index contributed by atoms with van der Waals surface area (Å²) in [5.74, 6) is -1.05. The second-order valence-corrected chi connectivity index (χ2v) is 10.3. The minimum absolute atomic E-state index is 0.00427. The number of nitrogens with one attached hydrogen (secondary N) is 2. The Kier molecular flexibility index (Phi) is 5.53. The van der Waals surface area contributed by atoms with Gasteiger partial charge in [-0.2, -0.15) is 0 Å². The summed E-state index contributed by atoms with van der Waals surface area (Å²) in [6.07, 6.45) is 4.80. The van der Waals surface area contributed by atoms with E-state index in [-0.39, 0.29) is 40.7 Å². The number of fused-ring (bicyclic) bond motifs is 2. The van der Waals surface area contributed by atoms with E-state index in [1.807, 2.05) is 12.1 Å². The third kappa shape index (κ3) is 4.01. The number of rotatable bonds is 3. The van der Waals surface area contributed by atoms with Gasteiger partial charge in [-0.1, -0.05) is 0 Å². The smallest absolute Gasteiger partial charge is 0.276 e. The maximum absolute atomic E-state index is 13.6. The summed E-state index contributed by atoms with van der Waals surface area (Å²) in [5, 5.41) is 2.70. The number of aryl methyl sites for hydroxylation is 2. The number of anilines is 2. The Labute approximate surface area is 196 Å². The highest BCUT2D eigenvalue weighted by Crippen LogP contribution is 2.35.